The van der Waals surface area contributed by atoms with Crippen molar-refractivity contribution in [3.63, 3.8) is 0 Å². The summed E-state index contributed by atoms with van der Waals surface area (Å²) in [5.74, 6) is -1.36. The van der Waals surface area contributed by atoms with Gasteiger partial charge < -0.3 is 0 Å². The third-order valence-electron chi connectivity index (χ3n) is 2.49. The van der Waals surface area contributed by atoms with Gasteiger partial charge in [-0.05, 0) is 0 Å². The molecule has 3 N–H and O–H groups in total. The molecule has 0 fully saturated rings. The second-order valence-corrected chi connectivity index (χ2v) is 10.0. The summed E-state index contributed by atoms with van der Waals surface area (Å²) in [5.41, 5.74) is 6.21. The van der Waals surface area contributed by atoms with Gasteiger partial charge in [-0.1, -0.05) is 0 Å². The van der Waals surface area contributed by atoms with Gasteiger partial charge in [0.05, 0.1) is 0 Å². The van der Waals surface area contributed by atoms with Gasteiger partial charge in [0.1, 0.15) is 0 Å². The summed E-state index contributed by atoms with van der Waals surface area (Å²) in [6.45, 7) is 0. The molecule has 2 aromatic carbocycles. The number of rotatable bonds is 5. The van der Waals surface area contributed by atoms with Crippen LogP contribution in [0.3, 0.4) is 0 Å². The zero-order chi connectivity index (χ0) is 14.5. The number of carbonyl (C=O) groups is 2. The van der Waals surface area contributed by atoms with Crippen molar-refractivity contribution >= 4 is 47.1 Å². The fourth-order valence-corrected chi connectivity index (χ4v) is 8.67. The summed E-state index contributed by atoms with van der Waals surface area (Å²) < 4.78 is 1.76. The molecule has 0 saturated carbocycles. The van der Waals surface area contributed by atoms with Crippen LogP contribution in [-0.2, 0) is 0 Å². The van der Waals surface area contributed by atoms with Gasteiger partial charge in [0.2, 0.25) is 0 Å². The first-order valence-electron chi connectivity index (χ1n) is 5.65. The SMILES string of the molecule is NC(=O)c1ccccc1[Se][Se]c1ccccc1C(=O)O. The van der Waals surface area contributed by atoms with Crippen LogP contribution in [0.5, 0.6) is 0 Å². The summed E-state index contributed by atoms with van der Waals surface area (Å²) >= 11 is 0.0116. The van der Waals surface area contributed by atoms with Crippen LogP contribution in [0.2, 0.25) is 0 Å². The molecule has 0 unspecified atom stereocenters. The van der Waals surface area contributed by atoms with E-state index < -0.39 is 11.9 Å². The van der Waals surface area contributed by atoms with Crippen LogP contribution < -0.4 is 14.7 Å². The summed E-state index contributed by atoms with van der Waals surface area (Å²) in [6, 6.07) is 14.2. The van der Waals surface area contributed by atoms with Crippen molar-refractivity contribution in [2.45, 2.75) is 0 Å². The van der Waals surface area contributed by atoms with E-state index in [9.17, 15) is 9.59 Å². The molecule has 20 heavy (non-hydrogen) atoms. The number of nitrogens with two attached hydrogens (primary N) is 1. The minimum absolute atomic E-state index is 0.00641. The molecule has 0 spiro atoms. The van der Waals surface area contributed by atoms with Gasteiger partial charge in [-0.2, -0.15) is 0 Å². The number of amides is 1. The topological polar surface area (TPSA) is 80.4 Å². The Morgan fingerprint density at radius 3 is 1.80 bits per heavy atom. The van der Waals surface area contributed by atoms with E-state index in [-0.39, 0.29) is 26.3 Å². The predicted molar refractivity (Wildman–Crippen MR) is 79.1 cm³/mol. The molecule has 2 aromatic rings. The van der Waals surface area contributed by atoms with E-state index in [0.29, 0.717) is 11.1 Å². The zero-order valence-corrected chi connectivity index (χ0v) is 13.7. The van der Waals surface area contributed by atoms with E-state index in [2.05, 4.69) is 0 Å². The number of aromatic carboxylic acids is 1. The normalized spacial score (nSPS) is 10.2. The quantitative estimate of drug-likeness (QED) is 0.682. The average molecular weight is 399 g/mol. The number of carbonyl (C=O) groups excluding carboxylic acids is 1. The number of benzene rings is 2. The van der Waals surface area contributed by atoms with Crippen molar-refractivity contribution in [3.05, 3.63) is 59.7 Å². The number of carboxylic acids is 1. The molecule has 102 valence electrons. The molecule has 0 aliphatic heterocycles. The molecule has 6 heteroatoms. The Labute approximate surface area is 127 Å². The van der Waals surface area contributed by atoms with Crippen LogP contribution in [0, 0.1) is 0 Å². The summed E-state index contributed by atoms with van der Waals surface area (Å²) in [4.78, 5) is 22.5. The van der Waals surface area contributed by atoms with Crippen LogP contribution >= 0.6 is 0 Å². The average Bonchev–Trinajstić information content (AvgIpc) is 2.45. The van der Waals surface area contributed by atoms with Crippen molar-refractivity contribution in [2.75, 3.05) is 0 Å². The van der Waals surface area contributed by atoms with Crippen LogP contribution in [0.1, 0.15) is 20.7 Å². The molecule has 0 aliphatic rings. The molecule has 2 rings (SSSR count). The van der Waals surface area contributed by atoms with E-state index in [0.717, 1.165) is 8.92 Å². The van der Waals surface area contributed by atoms with E-state index >= 15 is 0 Å². The summed E-state index contributed by atoms with van der Waals surface area (Å²) in [5, 5.41) is 9.15. The standard InChI is InChI=1S/C14H11NO3Se2/c15-13(16)9-5-1-3-7-11(9)19-20-12-8-4-2-6-10(12)14(17)18/h1-8H,(H2,15,16)(H,17,18). The van der Waals surface area contributed by atoms with E-state index in [1.165, 1.54) is 0 Å². The first-order valence-corrected chi connectivity index (χ1v) is 11.7. The van der Waals surface area contributed by atoms with Gasteiger partial charge in [0.25, 0.3) is 0 Å². The minimum atomic E-state index is -0.915. The van der Waals surface area contributed by atoms with Gasteiger partial charge in [-0.15, -0.1) is 0 Å². The van der Waals surface area contributed by atoms with Crippen molar-refractivity contribution in [1.29, 1.82) is 0 Å². The van der Waals surface area contributed by atoms with Gasteiger partial charge in [0.15, 0.2) is 0 Å². The number of primary amides is 1. The number of hydrogen-bond donors (Lipinski definition) is 2. The maximum atomic E-state index is 11.4. The van der Waals surface area contributed by atoms with Crippen LogP contribution in [-0.4, -0.2) is 43.2 Å². The van der Waals surface area contributed by atoms with Gasteiger partial charge in [0, 0.05) is 0 Å². The third kappa shape index (κ3) is 3.50. The Morgan fingerprint density at radius 2 is 1.30 bits per heavy atom. The van der Waals surface area contributed by atoms with Crippen LogP contribution in [0.15, 0.2) is 48.5 Å². The third-order valence-corrected chi connectivity index (χ3v) is 9.74. The second-order valence-electron chi connectivity index (χ2n) is 3.83. The van der Waals surface area contributed by atoms with Crippen LogP contribution in [0.25, 0.3) is 0 Å². The van der Waals surface area contributed by atoms with Crippen molar-refractivity contribution in [2.24, 2.45) is 5.73 Å². The van der Waals surface area contributed by atoms with E-state index in [1.54, 1.807) is 24.3 Å². The Morgan fingerprint density at radius 1 is 0.850 bits per heavy atom. The number of hydrogen-bond acceptors (Lipinski definition) is 2. The molecular formula is C14H11NO3Se2. The Kier molecular flexibility index (Phi) is 4.99. The molecule has 0 saturated heterocycles. The molecule has 0 heterocycles. The van der Waals surface area contributed by atoms with Crippen LogP contribution in [0.4, 0.5) is 0 Å². The van der Waals surface area contributed by atoms with Gasteiger partial charge in [-0.3, -0.25) is 0 Å². The molecule has 1 amide bonds. The molecule has 0 radical (unpaired) electrons. The first-order chi connectivity index (χ1) is 9.59. The molecular weight excluding hydrogens is 388 g/mol. The Bertz CT molecular complexity index is 601. The molecule has 0 bridgehead atoms. The van der Waals surface area contributed by atoms with Gasteiger partial charge in [-0.25, -0.2) is 0 Å². The predicted octanol–water partition coefficient (Wildman–Crippen LogP) is -0.242. The van der Waals surface area contributed by atoms with Crippen molar-refractivity contribution in [1.82, 2.24) is 0 Å². The summed E-state index contributed by atoms with van der Waals surface area (Å²) in [7, 11) is 0. The molecule has 4 nitrogen and oxygen atoms in total. The number of carboxylic acid groups (broad SMARTS) is 1. The van der Waals surface area contributed by atoms with Crippen molar-refractivity contribution < 1.29 is 14.7 Å². The zero-order valence-electron chi connectivity index (χ0n) is 10.3. The fourth-order valence-electron chi connectivity index (χ4n) is 1.55. The van der Waals surface area contributed by atoms with Gasteiger partial charge >= 0.3 is 127 Å². The van der Waals surface area contributed by atoms with E-state index in [4.69, 9.17) is 10.8 Å². The van der Waals surface area contributed by atoms with E-state index in [1.807, 2.05) is 24.3 Å². The Balaban J connectivity index is 2.22. The fraction of sp³-hybridized carbons (Fsp3) is 0. The van der Waals surface area contributed by atoms with Crippen molar-refractivity contribution in [3.8, 4) is 0 Å². The second kappa shape index (κ2) is 6.73. The molecule has 0 aliphatic carbocycles. The molecule has 0 aromatic heterocycles. The summed E-state index contributed by atoms with van der Waals surface area (Å²) in [6.07, 6.45) is 0. The monoisotopic (exact) mass is 401 g/mol. The first kappa shape index (κ1) is 14.8. The Hall–Kier alpha value is -1.58. The molecule has 0 atom stereocenters. The maximum absolute atomic E-state index is 11.4.